The van der Waals surface area contributed by atoms with Crippen LogP contribution in [0.2, 0.25) is 0 Å². The molecule has 0 aromatic carbocycles. The number of aliphatic carboxylic acids is 1. The van der Waals surface area contributed by atoms with Crippen molar-refractivity contribution in [2.45, 2.75) is 39.7 Å². The molecule has 0 heterocycles. The Labute approximate surface area is 73.4 Å². The lowest BCUT2D eigenvalue weighted by Crippen LogP contribution is -2.32. The molecule has 0 aliphatic rings. The van der Waals surface area contributed by atoms with Gasteiger partial charge in [0.05, 0.1) is 12.0 Å². The summed E-state index contributed by atoms with van der Waals surface area (Å²) in [4.78, 5) is 10.7. The number of aliphatic hydroxyl groups is 1. The molecule has 0 fully saturated rings. The van der Waals surface area contributed by atoms with Crippen LogP contribution in [-0.2, 0) is 4.79 Å². The first-order valence-electron chi connectivity index (χ1n) is 4.41. The summed E-state index contributed by atoms with van der Waals surface area (Å²) in [5, 5.41) is 18.3. The molecule has 0 aliphatic heterocycles. The van der Waals surface area contributed by atoms with E-state index in [1.807, 2.05) is 20.8 Å². The SMILES string of the molecule is CCCC(C(=O)O)C(O)C(C)C. The van der Waals surface area contributed by atoms with Gasteiger partial charge in [0.1, 0.15) is 0 Å². The van der Waals surface area contributed by atoms with Crippen LogP contribution >= 0.6 is 0 Å². The largest absolute Gasteiger partial charge is 0.481 e. The van der Waals surface area contributed by atoms with Gasteiger partial charge in [-0.05, 0) is 12.3 Å². The van der Waals surface area contributed by atoms with E-state index in [1.165, 1.54) is 0 Å². The lowest BCUT2D eigenvalue weighted by molar-refractivity contribution is -0.147. The molecule has 0 rings (SSSR count). The van der Waals surface area contributed by atoms with Crippen LogP contribution in [0, 0.1) is 11.8 Å². The maximum Gasteiger partial charge on any atom is 0.309 e. The van der Waals surface area contributed by atoms with Crippen LogP contribution in [0.15, 0.2) is 0 Å². The number of carbonyl (C=O) groups is 1. The van der Waals surface area contributed by atoms with Crippen molar-refractivity contribution in [2.24, 2.45) is 11.8 Å². The molecule has 0 aromatic heterocycles. The normalized spacial score (nSPS) is 16.1. The van der Waals surface area contributed by atoms with Crippen molar-refractivity contribution in [1.29, 1.82) is 0 Å². The number of hydrogen-bond donors (Lipinski definition) is 2. The van der Waals surface area contributed by atoms with Gasteiger partial charge >= 0.3 is 5.97 Å². The number of hydrogen-bond acceptors (Lipinski definition) is 2. The zero-order valence-corrected chi connectivity index (χ0v) is 7.95. The molecule has 2 atom stereocenters. The second kappa shape index (κ2) is 5.14. The fourth-order valence-corrected chi connectivity index (χ4v) is 1.22. The van der Waals surface area contributed by atoms with Gasteiger partial charge in [-0.25, -0.2) is 0 Å². The summed E-state index contributed by atoms with van der Waals surface area (Å²) >= 11 is 0. The second-order valence-electron chi connectivity index (χ2n) is 3.47. The third-order valence-electron chi connectivity index (χ3n) is 2.01. The molecule has 2 N–H and O–H groups in total. The molecule has 0 spiro atoms. The lowest BCUT2D eigenvalue weighted by atomic mass is 9.90. The maximum atomic E-state index is 10.7. The van der Waals surface area contributed by atoms with Crippen molar-refractivity contribution < 1.29 is 15.0 Å². The third kappa shape index (κ3) is 3.22. The molecule has 0 aliphatic carbocycles. The number of carboxylic acids is 1. The molecular formula is C9H18O3. The fourth-order valence-electron chi connectivity index (χ4n) is 1.22. The van der Waals surface area contributed by atoms with Gasteiger partial charge in [0.2, 0.25) is 0 Å². The van der Waals surface area contributed by atoms with Crippen LogP contribution in [0.4, 0.5) is 0 Å². The summed E-state index contributed by atoms with van der Waals surface area (Å²) in [6.07, 6.45) is 0.623. The average Bonchev–Trinajstić information content (AvgIpc) is 1.98. The summed E-state index contributed by atoms with van der Waals surface area (Å²) in [7, 11) is 0. The quantitative estimate of drug-likeness (QED) is 0.664. The highest BCUT2D eigenvalue weighted by atomic mass is 16.4. The fraction of sp³-hybridized carbons (Fsp3) is 0.889. The van der Waals surface area contributed by atoms with E-state index in [0.29, 0.717) is 6.42 Å². The van der Waals surface area contributed by atoms with Gasteiger partial charge < -0.3 is 10.2 Å². The van der Waals surface area contributed by atoms with Gasteiger partial charge in [-0.1, -0.05) is 27.2 Å². The smallest absolute Gasteiger partial charge is 0.309 e. The molecule has 0 bridgehead atoms. The first-order valence-corrected chi connectivity index (χ1v) is 4.41. The molecule has 0 aromatic rings. The summed E-state index contributed by atoms with van der Waals surface area (Å²) in [5.41, 5.74) is 0. The topological polar surface area (TPSA) is 57.5 Å². The molecule has 0 saturated heterocycles. The third-order valence-corrected chi connectivity index (χ3v) is 2.01. The molecular weight excluding hydrogens is 156 g/mol. The summed E-state index contributed by atoms with van der Waals surface area (Å²) in [5.74, 6) is -1.48. The average molecular weight is 174 g/mol. The van der Waals surface area contributed by atoms with E-state index in [-0.39, 0.29) is 5.92 Å². The highest BCUT2D eigenvalue weighted by Gasteiger charge is 2.27. The Kier molecular flexibility index (Phi) is 4.90. The maximum absolute atomic E-state index is 10.7. The predicted octanol–water partition coefficient (Wildman–Crippen LogP) is 1.50. The molecule has 0 radical (unpaired) electrons. The summed E-state index contributed by atoms with van der Waals surface area (Å²) in [6, 6.07) is 0. The summed E-state index contributed by atoms with van der Waals surface area (Å²) in [6.45, 7) is 5.58. The minimum Gasteiger partial charge on any atom is -0.481 e. The number of carboxylic acid groups (broad SMARTS) is 1. The first kappa shape index (κ1) is 11.4. The van der Waals surface area contributed by atoms with Crippen LogP contribution < -0.4 is 0 Å². The van der Waals surface area contributed by atoms with Crippen molar-refractivity contribution in [3.8, 4) is 0 Å². The minimum absolute atomic E-state index is 0.0117. The molecule has 3 heteroatoms. The van der Waals surface area contributed by atoms with Gasteiger partial charge in [-0.15, -0.1) is 0 Å². The van der Waals surface area contributed by atoms with Crippen LogP contribution in [-0.4, -0.2) is 22.3 Å². The second-order valence-corrected chi connectivity index (χ2v) is 3.47. The highest BCUT2D eigenvalue weighted by Crippen LogP contribution is 2.18. The molecule has 3 nitrogen and oxygen atoms in total. The van der Waals surface area contributed by atoms with E-state index < -0.39 is 18.0 Å². The van der Waals surface area contributed by atoms with Crippen molar-refractivity contribution in [3.63, 3.8) is 0 Å². The van der Waals surface area contributed by atoms with E-state index in [1.54, 1.807) is 0 Å². The van der Waals surface area contributed by atoms with E-state index in [4.69, 9.17) is 5.11 Å². The Morgan fingerprint density at radius 2 is 1.92 bits per heavy atom. The van der Waals surface area contributed by atoms with Crippen LogP contribution in [0.1, 0.15) is 33.6 Å². The van der Waals surface area contributed by atoms with Crippen LogP contribution in [0.3, 0.4) is 0 Å². The summed E-state index contributed by atoms with van der Waals surface area (Å²) < 4.78 is 0. The minimum atomic E-state index is -0.891. The molecule has 2 unspecified atom stereocenters. The molecule has 0 amide bonds. The van der Waals surface area contributed by atoms with E-state index in [9.17, 15) is 9.90 Å². The highest BCUT2D eigenvalue weighted by molar-refractivity contribution is 5.70. The van der Waals surface area contributed by atoms with Crippen molar-refractivity contribution in [2.75, 3.05) is 0 Å². The Morgan fingerprint density at radius 1 is 1.42 bits per heavy atom. The molecule has 12 heavy (non-hydrogen) atoms. The molecule has 72 valence electrons. The standard InChI is InChI=1S/C9H18O3/c1-4-5-7(9(11)12)8(10)6(2)3/h6-8,10H,4-5H2,1-3H3,(H,11,12). The van der Waals surface area contributed by atoms with Crippen molar-refractivity contribution in [3.05, 3.63) is 0 Å². The number of aliphatic hydroxyl groups excluding tert-OH is 1. The van der Waals surface area contributed by atoms with Gasteiger partial charge in [-0.3, -0.25) is 4.79 Å². The Bertz CT molecular complexity index is 143. The Hall–Kier alpha value is -0.570. The zero-order chi connectivity index (χ0) is 9.72. The van der Waals surface area contributed by atoms with Crippen molar-refractivity contribution in [1.82, 2.24) is 0 Å². The zero-order valence-electron chi connectivity index (χ0n) is 7.95. The van der Waals surface area contributed by atoms with Gasteiger partial charge in [0, 0.05) is 0 Å². The van der Waals surface area contributed by atoms with Gasteiger partial charge in [0.25, 0.3) is 0 Å². The Morgan fingerprint density at radius 3 is 2.17 bits per heavy atom. The van der Waals surface area contributed by atoms with Gasteiger partial charge in [-0.2, -0.15) is 0 Å². The van der Waals surface area contributed by atoms with Gasteiger partial charge in [0.15, 0.2) is 0 Å². The van der Waals surface area contributed by atoms with Crippen LogP contribution in [0.25, 0.3) is 0 Å². The van der Waals surface area contributed by atoms with E-state index in [2.05, 4.69) is 0 Å². The van der Waals surface area contributed by atoms with E-state index >= 15 is 0 Å². The van der Waals surface area contributed by atoms with Crippen LogP contribution in [0.5, 0.6) is 0 Å². The Balaban J connectivity index is 4.18. The monoisotopic (exact) mass is 174 g/mol. The first-order chi connectivity index (χ1) is 5.50. The van der Waals surface area contributed by atoms with E-state index in [0.717, 1.165) is 6.42 Å². The molecule has 0 saturated carbocycles. The van der Waals surface area contributed by atoms with Crippen molar-refractivity contribution >= 4 is 5.97 Å². The number of rotatable bonds is 5. The predicted molar refractivity (Wildman–Crippen MR) is 46.9 cm³/mol. The lowest BCUT2D eigenvalue weighted by Gasteiger charge is -2.21.